The Morgan fingerprint density at radius 1 is 1.20 bits per heavy atom. The molecule has 0 aliphatic carbocycles. The summed E-state index contributed by atoms with van der Waals surface area (Å²) in [5.41, 5.74) is 3.14. The Labute approximate surface area is 185 Å². The van der Waals surface area contributed by atoms with E-state index in [0.29, 0.717) is 44.2 Å². The molecule has 1 saturated heterocycles. The average Bonchev–Trinajstić information content (AvgIpc) is 3.31. The Hall–Kier alpha value is -2.31. The van der Waals surface area contributed by atoms with Crippen LogP contribution in [0.25, 0.3) is 10.2 Å². The molecule has 1 aliphatic rings. The Bertz CT molecular complexity index is 1070. The highest BCUT2D eigenvalue weighted by atomic mass is 35.5. The molecule has 0 N–H and O–H groups in total. The van der Waals surface area contributed by atoms with Gasteiger partial charge in [-0.2, -0.15) is 0 Å². The first-order valence-corrected chi connectivity index (χ1v) is 11.7. The standard InChI is InChI=1S/C23H26ClN3O2S/c1-16-5-3-4-6-19(16)15-27-20(13-18-8-12-30-23(18)27)22(29)25-10-11-26(17(2)14-25)21(28)7-9-24/h3-6,8,12-13,17H,7,9-11,14-15H2,1-2H3. The predicted molar refractivity (Wildman–Crippen MR) is 123 cm³/mol. The van der Waals surface area contributed by atoms with Crippen LogP contribution in [0.15, 0.2) is 41.8 Å². The Morgan fingerprint density at radius 2 is 2.00 bits per heavy atom. The Balaban J connectivity index is 1.59. The van der Waals surface area contributed by atoms with Gasteiger partial charge < -0.3 is 14.4 Å². The van der Waals surface area contributed by atoms with Gasteiger partial charge in [-0.15, -0.1) is 22.9 Å². The molecule has 3 heterocycles. The SMILES string of the molecule is Cc1ccccc1Cn1c(C(=O)N2CCN(C(=O)CCCl)C(C)C2)cc2ccsc21. The molecule has 0 spiro atoms. The van der Waals surface area contributed by atoms with Gasteiger partial charge >= 0.3 is 0 Å². The van der Waals surface area contributed by atoms with E-state index < -0.39 is 0 Å². The first-order chi connectivity index (χ1) is 14.5. The third-order valence-electron chi connectivity index (χ3n) is 5.85. The van der Waals surface area contributed by atoms with E-state index in [4.69, 9.17) is 11.6 Å². The van der Waals surface area contributed by atoms with E-state index in [2.05, 4.69) is 35.1 Å². The molecule has 2 aromatic heterocycles. The van der Waals surface area contributed by atoms with Crippen LogP contribution in [0.1, 0.15) is 35.0 Å². The maximum absolute atomic E-state index is 13.5. The van der Waals surface area contributed by atoms with Gasteiger partial charge in [0.25, 0.3) is 5.91 Å². The summed E-state index contributed by atoms with van der Waals surface area (Å²) in [7, 11) is 0. The molecular formula is C23H26ClN3O2S. The number of hydrogen-bond donors (Lipinski definition) is 0. The van der Waals surface area contributed by atoms with Crippen LogP contribution in [0.2, 0.25) is 0 Å². The summed E-state index contributed by atoms with van der Waals surface area (Å²) in [6.07, 6.45) is 0.343. The number of rotatable bonds is 5. The zero-order valence-electron chi connectivity index (χ0n) is 17.3. The molecule has 0 radical (unpaired) electrons. The van der Waals surface area contributed by atoms with Crippen molar-refractivity contribution >= 4 is 45.0 Å². The lowest BCUT2D eigenvalue weighted by atomic mass is 10.1. The molecule has 4 rings (SSSR count). The molecule has 0 bridgehead atoms. The van der Waals surface area contributed by atoms with E-state index in [1.807, 2.05) is 34.9 Å². The van der Waals surface area contributed by atoms with Gasteiger partial charge in [-0.05, 0) is 42.5 Å². The van der Waals surface area contributed by atoms with Gasteiger partial charge in [0, 0.05) is 49.9 Å². The minimum absolute atomic E-state index is 0.0145. The maximum atomic E-state index is 13.5. The monoisotopic (exact) mass is 443 g/mol. The molecule has 5 nitrogen and oxygen atoms in total. The van der Waals surface area contributed by atoms with Crippen LogP contribution in [0.4, 0.5) is 0 Å². The molecule has 1 aliphatic heterocycles. The first kappa shape index (κ1) is 20.9. The highest BCUT2D eigenvalue weighted by Crippen LogP contribution is 2.28. The lowest BCUT2D eigenvalue weighted by molar-refractivity contribution is -0.134. The van der Waals surface area contributed by atoms with Crippen molar-refractivity contribution in [2.24, 2.45) is 0 Å². The van der Waals surface area contributed by atoms with E-state index in [9.17, 15) is 9.59 Å². The molecule has 3 aromatic rings. The highest BCUT2D eigenvalue weighted by Gasteiger charge is 2.31. The molecule has 1 aromatic carbocycles. The molecule has 1 unspecified atom stereocenters. The lowest BCUT2D eigenvalue weighted by Gasteiger charge is -2.40. The fraction of sp³-hybridized carbons (Fsp3) is 0.391. The van der Waals surface area contributed by atoms with Gasteiger partial charge in [0.15, 0.2) is 0 Å². The zero-order chi connectivity index (χ0) is 21.3. The molecule has 7 heteroatoms. The Kier molecular flexibility index (Phi) is 6.16. The average molecular weight is 444 g/mol. The van der Waals surface area contributed by atoms with Crippen molar-refractivity contribution in [2.75, 3.05) is 25.5 Å². The number of carbonyl (C=O) groups excluding carboxylic acids is 2. The summed E-state index contributed by atoms with van der Waals surface area (Å²) < 4.78 is 2.14. The topological polar surface area (TPSA) is 45.6 Å². The summed E-state index contributed by atoms with van der Waals surface area (Å²) in [5.74, 6) is 0.421. The summed E-state index contributed by atoms with van der Waals surface area (Å²) in [6.45, 7) is 6.40. The number of piperazine rings is 1. The van der Waals surface area contributed by atoms with Crippen LogP contribution in [-0.2, 0) is 11.3 Å². The van der Waals surface area contributed by atoms with Crippen LogP contribution in [0.3, 0.4) is 0 Å². The van der Waals surface area contributed by atoms with Gasteiger partial charge in [0.2, 0.25) is 5.91 Å². The number of hydrogen-bond acceptors (Lipinski definition) is 3. The number of nitrogens with zero attached hydrogens (tertiary/aromatic N) is 3. The number of carbonyl (C=O) groups is 2. The van der Waals surface area contributed by atoms with Gasteiger partial charge in [-0.1, -0.05) is 24.3 Å². The summed E-state index contributed by atoms with van der Waals surface area (Å²) >= 11 is 7.39. The zero-order valence-corrected chi connectivity index (χ0v) is 18.9. The summed E-state index contributed by atoms with van der Waals surface area (Å²) in [4.78, 5) is 30.6. The van der Waals surface area contributed by atoms with E-state index in [-0.39, 0.29) is 17.9 Å². The van der Waals surface area contributed by atoms with Crippen molar-refractivity contribution in [1.82, 2.24) is 14.4 Å². The lowest BCUT2D eigenvalue weighted by Crippen LogP contribution is -2.55. The number of benzene rings is 1. The van der Waals surface area contributed by atoms with E-state index in [0.717, 1.165) is 10.2 Å². The molecule has 1 fully saturated rings. The summed E-state index contributed by atoms with van der Waals surface area (Å²) in [5, 5.41) is 3.16. The first-order valence-electron chi connectivity index (χ1n) is 10.3. The van der Waals surface area contributed by atoms with Crippen LogP contribution < -0.4 is 0 Å². The van der Waals surface area contributed by atoms with E-state index >= 15 is 0 Å². The van der Waals surface area contributed by atoms with Crippen LogP contribution >= 0.6 is 22.9 Å². The third-order valence-corrected chi connectivity index (χ3v) is 7.00. The van der Waals surface area contributed by atoms with Crippen molar-refractivity contribution in [3.05, 3.63) is 58.6 Å². The van der Waals surface area contributed by atoms with E-state index in [1.54, 1.807) is 11.3 Å². The quantitative estimate of drug-likeness (QED) is 0.550. The minimum atomic E-state index is -0.0145. The second-order valence-corrected chi connectivity index (χ2v) is 9.12. The molecule has 30 heavy (non-hydrogen) atoms. The second kappa shape index (κ2) is 8.82. The summed E-state index contributed by atoms with van der Waals surface area (Å²) in [6, 6.07) is 12.3. The fourth-order valence-electron chi connectivity index (χ4n) is 4.17. The molecule has 2 amide bonds. The van der Waals surface area contributed by atoms with Crippen molar-refractivity contribution in [2.45, 2.75) is 32.9 Å². The van der Waals surface area contributed by atoms with Crippen molar-refractivity contribution in [1.29, 1.82) is 0 Å². The van der Waals surface area contributed by atoms with Crippen molar-refractivity contribution < 1.29 is 9.59 Å². The van der Waals surface area contributed by atoms with E-state index in [1.165, 1.54) is 11.1 Å². The van der Waals surface area contributed by atoms with Gasteiger partial charge in [-0.25, -0.2) is 0 Å². The normalized spacial score (nSPS) is 17.0. The molecule has 158 valence electrons. The largest absolute Gasteiger partial charge is 0.336 e. The maximum Gasteiger partial charge on any atom is 0.270 e. The van der Waals surface area contributed by atoms with Gasteiger partial charge in [-0.3, -0.25) is 9.59 Å². The fourth-order valence-corrected chi connectivity index (χ4v) is 5.22. The number of aromatic nitrogens is 1. The van der Waals surface area contributed by atoms with Crippen molar-refractivity contribution in [3.8, 4) is 0 Å². The minimum Gasteiger partial charge on any atom is -0.336 e. The number of amides is 2. The third kappa shape index (κ3) is 3.98. The molecule has 0 saturated carbocycles. The second-order valence-electron chi connectivity index (χ2n) is 7.85. The molecule has 1 atom stereocenters. The molecular weight excluding hydrogens is 418 g/mol. The van der Waals surface area contributed by atoms with Gasteiger partial charge in [0.1, 0.15) is 10.5 Å². The predicted octanol–water partition coefficient (Wildman–Crippen LogP) is 4.36. The van der Waals surface area contributed by atoms with Gasteiger partial charge in [0.05, 0.1) is 0 Å². The van der Waals surface area contributed by atoms with Crippen LogP contribution in [0, 0.1) is 6.92 Å². The van der Waals surface area contributed by atoms with Crippen molar-refractivity contribution in [3.63, 3.8) is 0 Å². The number of fused-ring (bicyclic) bond motifs is 1. The number of alkyl halides is 1. The number of halogens is 1. The number of aryl methyl sites for hydroxylation is 1. The number of thiophene rings is 1. The smallest absolute Gasteiger partial charge is 0.270 e. The van der Waals surface area contributed by atoms with Crippen LogP contribution in [-0.4, -0.2) is 57.7 Å². The van der Waals surface area contributed by atoms with Crippen LogP contribution in [0.5, 0.6) is 0 Å². The Morgan fingerprint density at radius 3 is 2.73 bits per heavy atom. The highest BCUT2D eigenvalue weighted by molar-refractivity contribution is 7.16.